The standard InChI is InChI=1S/C15H20N4O4S/c1-17-4-6-18(7-5-17)11-9-19(10-11)24(21,22)12-2-3-14-13(8-12)16-15(20)23-14/h2-3,8,11H,4-7,9-10H2,1H3,(H,16,20). The lowest BCUT2D eigenvalue weighted by Crippen LogP contribution is -2.63. The highest BCUT2D eigenvalue weighted by Crippen LogP contribution is 2.26. The number of aromatic nitrogens is 1. The van der Waals surface area contributed by atoms with Crippen molar-refractivity contribution in [3.8, 4) is 0 Å². The van der Waals surface area contributed by atoms with E-state index in [1.807, 2.05) is 0 Å². The van der Waals surface area contributed by atoms with Gasteiger partial charge >= 0.3 is 5.76 Å². The number of likely N-dealkylation sites (N-methyl/N-ethyl adjacent to an activating group) is 1. The Morgan fingerprint density at radius 1 is 1.17 bits per heavy atom. The third-order valence-corrected chi connectivity index (χ3v) is 6.74. The van der Waals surface area contributed by atoms with E-state index in [0.717, 1.165) is 26.2 Å². The number of nitrogens with one attached hydrogen (secondary N) is 1. The number of hydrogen-bond donors (Lipinski definition) is 1. The molecule has 0 radical (unpaired) electrons. The lowest BCUT2D eigenvalue weighted by Gasteiger charge is -2.46. The Morgan fingerprint density at radius 3 is 2.58 bits per heavy atom. The van der Waals surface area contributed by atoms with Gasteiger partial charge in [0.1, 0.15) is 0 Å². The van der Waals surface area contributed by atoms with Crippen LogP contribution in [-0.2, 0) is 10.0 Å². The van der Waals surface area contributed by atoms with Crippen LogP contribution in [0.15, 0.2) is 32.3 Å². The second-order valence-electron chi connectivity index (χ2n) is 6.49. The molecule has 0 bridgehead atoms. The third-order valence-electron chi connectivity index (χ3n) is 4.91. The topological polar surface area (TPSA) is 89.9 Å². The maximum Gasteiger partial charge on any atom is 0.417 e. The van der Waals surface area contributed by atoms with Gasteiger partial charge in [0.15, 0.2) is 5.58 Å². The number of piperazine rings is 1. The Hall–Kier alpha value is -1.68. The van der Waals surface area contributed by atoms with E-state index in [4.69, 9.17) is 4.42 Å². The first-order chi connectivity index (χ1) is 11.4. The molecule has 2 saturated heterocycles. The van der Waals surface area contributed by atoms with Crippen LogP contribution in [0.4, 0.5) is 0 Å². The van der Waals surface area contributed by atoms with Crippen LogP contribution in [-0.4, -0.2) is 79.9 Å². The van der Waals surface area contributed by atoms with Gasteiger partial charge in [-0.15, -0.1) is 0 Å². The molecule has 1 aromatic heterocycles. The minimum absolute atomic E-state index is 0.184. The molecule has 0 spiro atoms. The molecule has 4 rings (SSSR count). The number of fused-ring (bicyclic) bond motifs is 1. The first-order valence-corrected chi connectivity index (χ1v) is 9.43. The Bertz CT molecular complexity index is 905. The van der Waals surface area contributed by atoms with Crippen molar-refractivity contribution in [1.82, 2.24) is 19.1 Å². The lowest BCUT2D eigenvalue weighted by atomic mass is 10.1. The molecular formula is C15H20N4O4S. The molecule has 130 valence electrons. The van der Waals surface area contributed by atoms with Crippen LogP contribution in [0, 0.1) is 0 Å². The van der Waals surface area contributed by atoms with Gasteiger partial charge in [-0.2, -0.15) is 4.31 Å². The number of benzene rings is 1. The summed E-state index contributed by atoms with van der Waals surface area (Å²) < 4.78 is 31.9. The van der Waals surface area contributed by atoms with Crippen LogP contribution in [0.3, 0.4) is 0 Å². The van der Waals surface area contributed by atoms with Gasteiger partial charge in [0, 0.05) is 45.3 Å². The van der Waals surface area contributed by atoms with Gasteiger partial charge in [0.05, 0.1) is 10.4 Å². The van der Waals surface area contributed by atoms with Crippen molar-refractivity contribution in [3.63, 3.8) is 0 Å². The molecular weight excluding hydrogens is 332 g/mol. The minimum Gasteiger partial charge on any atom is -0.408 e. The first kappa shape index (κ1) is 15.8. The van der Waals surface area contributed by atoms with Gasteiger partial charge in [-0.1, -0.05) is 0 Å². The zero-order valence-electron chi connectivity index (χ0n) is 13.4. The maximum atomic E-state index is 12.7. The van der Waals surface area contributed by atoms with Crippen molar-refractivity contribution in [2.45, 2.75) is 10.9 Å². The number of oxazole rings is 1. The molecule has 2 aromatic rings. The van der Waals surface area contributed by atoms with Crippen molar-refractivity contribution in [2.75, 3.05) is 46.3 Å². The fourth-order valence-corrected chi connectivity index (χ4v) is 4.81. The predicted molar refractivity (Wildman–Crippen MR) is 88.5 cm³/mol. The third kappa shape index (κ3) is 2.67. The summed E-state index contributed by atoms with van der Waals surface area (Å²) in [6.45, 7) is 5.05. The summed E-state index contributed by atoms with van der Waals surface area (Å²) in [5, 5.41) is 0. The molecule has 0 amide bonds. The van der Waals surface area contributed by atoms with Gasteiger partial charge < -0.3 is 9.32 Å². The maximum absolute atomic E-state index is 12.7. The number of nitrogens with zero attached hydrogens (tertiary/aromatic N) is 3. The molecule has 2 fully saturated rings. The van der Waals surface area contributed by atoms with Crippen LogP contribution >= 0.6 is 0 Å². The van der Waals surface area contributed by atoms with E-state index in [1.165, 1.54) is 22.5 Å². The van der Waals surface area contributed by atoms with Crippen molar-refractivity contribution >= 4 is 21.1 Å². The molecule has 0 saturated carbocycles. The predicted octanol–water partition coefficient (Wildman–Crippen LogP) is -0.259. The smallest absolute Gasteiger partial charge is 0.408 e. The highest BCUT2D eigenvalue weighted by molar-refractivity contribution is 7.89. The van der Waals surface area contributed by atoms with Gasteiger partial charge in [-0.3, -0.25) is 9.88 Å². The van der Waals surface area contributed by atoms with Crippen molar-refractivity contribution < 1.29 is 12.8 Å². The number of hydrogen-bond acceptors (Lipinski definition) is 6. The average Bonchev–Trinajstić information content (AvgIpc) is 2.86. The lowest BCUT2D eigenvalue weighted by molar-refractivity contribution is 0.0484. The first-order valence-electron chi connectivity index (χ1n) is 7.99. The SMILES string of the molecule is CN1CCN(C2CN(S(=O)(=O)c3ccc4oc(=O)[nH]c4c3)C2)CC1. The Kier molecular flexibility index (Phi) is 3.75. The molecule has 0 unspecified atom stereocenters. The Morgan fingerprint density at radius 2 is 1.88 bits per heavy atom. The molecule has 3 heterocycles. The number of H-pyrrole nitrogens is 1. The average molecular weight is 352 g/mol. The highest BCUT2D eigenvalue weighted by Gasteiger charge is 2.40. The second-order valence-corrected chi connectivity index (χ2v) is 8.43. The zero-order valence-corrected chi connectivity index (χ0v) is 14.3. The normalized spacial score (nSPS) is 22.0. The van der Waals surface area contributed by atoms with E-state index < -0.39 is 15.8 Å². The van der Waals surface area contributed by atoms with Crippen molar-refractivity contribution in [1.29, 1.82) is 0 Å². The van der Waals surface area contributed by atoms with Gasteiger partial charge in [-0.25, -0.2) is 13.2 Å². The summed E-state index contributed by atoms with van der Waals surface area (Å²) in [6.07, 6.45) is 0. The molecule has 8 nitrogen and oxygen atoms in total. The molecule has 0 atom stereocenters. The summed E-state index contributed by atoms with van der Waals surface area (Å²) in [5.41, 5.74) is 0.759. The number of aromatic amines is 1. The summed E-state index contributed by atoms with van der Waals surface area (Å²) in [7, 11) is -1.43. The number of rotatable bonds is 3. The number of sulfonamides is 1. The van der Waals surface area contributed by atoms with Gasteiger partial charge in [-0.05, 0) is 25.2 Å². The molecule has 0 aliphatic carbocycles. The van der Waals surface area contributed by atoms with E-state index in [2.05, 4.69) is 21.8 Å². The molecule has 2 aliphatic rings. The molecule has 1 aromatic carbocycles. The van der Waals surface area contributed by atoms with Crippen LogP contribution in [0.2, 0.25) is 0 Å². The van der Waals surface area contributed by atoms with E-state index in [9.17, 15) is 13.2 Å². The van der Waals surface area contributed by atoms with Crippen LogP contribution in [0.25, 0.3) is 11.1 Å². The molecule has 1 N–H and O–H groups in total. The molecule has 9 heteroatoms. The molecule has 2 aliphatic heterocycles. The van der Waals surface area contributed by atoms with Crippen LogP contribution in [0.1, 0.15) is 0 Å². The van der Waals surface area contributed by atoms with Gasteiger partial charge in [0.25, 0.3) is 0 Å². The van der Waals surface area contributed by atoms with E-state index in [0.29, 0.717) is 30.2 Å². The fraction of sp³-hybridized carbons (Fsp3) is 0.533. The van der Waals surface area contributed by atoms with Gasteiger partial charge in [0.2, 0.25) is 10.0 Å². The van der Waals surface area contributed by atoms with E-state index >= 15 is 0 Å². The largest absolute Gasteiger partial charge is 0.417 e. The Labute approximate surface area is 139 Å². The summed E-state index contributed by atoms with van der Waals surface area (Å²) in [5.74, 6) is -0.585. The molecule has 24 heavy (non-hydrogen) atoms. The van der Waals surface area contributed by atoms with Crippen molar-refractivity contribution in [3.05, 3.63) is 28.7 Å². The monoisotopic (exact) mass is 352 g/mol. The highest BCUT2D eigenvalue weighted by atomic mass is 32.2. The zero-order chi connectivity index (χ0) is 16.9. The van der Waals surface area contributed by atoms with E-state index in [1.54, 1.807) is 0 Å². The van der Waals surface area contributed by atoms with E-state index in [-0.39, 0.29) is 4.90 Å². The minimum atomic E-state index is -3.53. The van der Waals surface area contributed by atoms with Crippen LogP contribution < -0.4 is 5.76 Å². The quantitative estimate of drug-likeness (QED) is 0.819. The van der Waals surface area contributed by atoms with Crippen molar-refractivity contribution in [2.24, 2.45) is 0 Å². The van der Waals surface area contributed by atoms with Crippen LogP contribution in [0.5, 0.6) is 0 Å². The second kappa shape index (κ2) is 5.69. The Balaban J connectivity index is 1.48. The summed E-state index contributed by atoms with van der Waals surface area (Å²) >= 11 is 0. The summed E-state index contributed by atoms with van der Waals surface area (Å²) in [4.78, 5) is 18.5. The summed E-state index contributed by atoms with van der Waals surface area (Å²) in [6, 6.07) is 4.75. The fourth-order valence-electron chi connectivity index (χ4n) is 3.27.